The number of ether oxygens (including phenoxy) is 1. The minimum atomic E-state index is -0.523. The van der Waals surface area contributed by atoms with Crippen LogP contribution in [-0.4, -0.2) is 29.9 Å². The summed E-state index contributed by atoms with van der Waals surface area (Å²) in [6.45, 7) is 6.95. The maximum atomic E-state index is 9.71. The maximum absolute atomic E-state index is 9.71. The molecule has 0 unspecified atom stereocenters. The number of hydrogen-bond acceptors (Lipinski definition) is 3. The zero-order valence-electron chi connectivity index (χ0n) is 10.5. The van der Waals surface area contributed by atoms with E-state index in [9.17, 15) is 5.11 Å². The van der Waals surface area contributed by atoms with Crippen molar-refractivity contribution in [2.45, 2.75) is 32.4 Å². The first-order chi connectivity index (χ1) is 7.87. The Morgan fingerprint density at radius 3 is 2.41 bits per heavy atom. The van der Waals surface area contributed by atoms with Crippen molar-refractivity contribution in [3.8, 4) is 5.75 Å². The Morgan fingerprint density at radius 1 is 1.29 bits per heavy atom. The molecule has 0 amide bonds. The third kappa shape index (κ3) is 6.51. The van der Waals surface area contributed by atoms with E-state index in [1.165, 1.54) is 0 Å². The first-order valence-electron chi connectivity index (χ1n) is 5.68. The molecule has 0 aliphatic heterocycles. The lowest BCUT2D eigenvalue weighted by Crippen LogP contribution is -2.42. The van der Waals surface area contributed by atoms with E-state index >= 15 is 0 Å². The fraction of sp³-hybridized carbons (Fsp3) is 0.538. The molecule has 17 heavy (non-hydrogen) atoms. The summed E-state index contributed by atoms with van der Waals surface area (Å²) in [7, 11) is 0. The van der Waals surface area contributed by atoms with Gasteiger partial charge in [0.2, 0.25) is 0 Å². The lowest BCUT2D eigenvalue weighted by Gasteiger charge is -2.22. The average molecular weight is 258 g/mol. The number of aliphatic hydroxyl groups is 1. The first-order valence-corrected chi connectivity index (χ1v) is 6.06. The number of aliphatic hydroxyl groups excluding tert-OH is 1. The molecular weight excluding hydrogens is 238 g/mol. The summed E-state index contributed by atoms with van der Waals surface area (Å²) in [5.41, 5.74) is 0.00124. The van der Waals surface area contributed by atoms with E-state index in [-0.39, 0.29) is 12.1 Å². The molecule has 0 heterocycles. The fourth-order valence-corrected chi connectivity index (χ4v) is 1.33. The van der Waals surface area contributed by atoms with Crippen LogP contribution in [0.25, 0.3) is 0 Å². The highest BCUT2D eigenvalue weighted by atomic mass is 35.5. The molecule has 0 saturated heterocycles. The predicted octanol–water partition coefficient (Wildman–Crippen LogP) is 2.47. The topological polar surface area (TPSA) is 41.5 Å². The van der Waals surface area contributed by atoms with E-state index in [2.05, 4.69) is 26.1 Å². The Kier molecular flexibility index (Phi) is 5.25. The van der Waals surface area contributed by atoms with Crippen molar-refractivity contribution >= 4 is 11.6 Å². The third-order valence-corrected chi connectivity index (χ3v) is 2.38. The lowest BCUT2D eigenvalue weighted by molar-refractivity contribution is 0.100. The molecule has 0 saturated carbocycles. The molecule has 96 valence electrons. The Hall–Kier alpha value is -0.770. The van der Waals surface area contributed by atoms with Crippen molar-refractivity contribution in [3.63, 3.8) is 0 Å². The summed E-state index contributed by atoms with van der Waals surface area (Å²) in [6.07, 6.45) is -0.523. The van der Waals surface area contributed by atoms with Crippen LogP contribution in [0.5, 0.6) is 5.75 Å². The Morgan fingerprint density at radius 2 is 1.88 bits per heavy atom. The summed E-state index contributed by atoms with van der Waals surface area (Å²) in [5, 5.41) is 13.6. The second-order valence-corrected chi connectivity index (χ2v) is 5.49. The van der Waals surface area contributed by atoms with Crippen LogP contribution in [0.2, 0.25) is 5.02 Å². The molecule has 1 atom stereocenters. The molecule has 0 fully saturated rings. The van der Waals surface area contributed by atoms with Gasteiger partial charge in [0.25, 0.3) is 0 Å². The summed E-state index contributed by atoms with van der Waals surface area (Å²) >= 11 is 5.76. The summed E-state index contributed by atoms with van der Waals surface area (Å²) in [5.74, 6) is 0.712. The molecule has 1 aromatic rings. The van der Waals surface area contributed by atoms with Gasteiger partial charge in [0.1, 0.15) is 18.5 Å². The van der Waals surface area contributed by atoms with E-state index < -0.39 is 6.10 Å². The minimum Gasteiger partial charge on any atom is -0.491 e. The maximum Gasteiger partial charge on any atom is 0.119 e. The summed E-state index contributed by atoms with van der Waals surface area (Å²) in [6, 6.07) is 7.09. The Labute approximate surface area is 108 Å². The molecule has 0 bridgehead atoms. The highest BCUT2D eigenvalue weighted by molar-refractivity contribution is 6.30. The van der Waals surface area contributed by atoms with Gasteiger partial charge in [-0.05, 0) is 45.0 Å². The van der Waals surface area contributed by atoms with Gasteiger partial charge in [-0.3, -0.25) is 0 Å². The standard InChI is InChI=1S/C13H20ClNO2/c1-13(2,3)15-8-11(16)9-17-12-6-4-10(14)5-7-12/h4-7,11,15-16H,8-9H2,1-3H3/t11-/m1/s1. The van der Waals surface area contributed by atoms with Gasteiger partial charge < -0.3 is 15.2 Å². The smallest absolute Gasteiger partial charge is 0.119 e. The Balaban J connectivity index is 2.28. The molecule has 3 nitrogen and oxygen atoms in total. The van der Waals surface area contributed by atoms with Crippen LogP contribution < -0.4 is 10.1 Å². The first kappa shape index (κ1) is 14.3. The monoisotopic (exact) mass is 257 g/mol. The molecule has 0 aromatic heterocycles. The van der Waals surface area contributed by atoms with Crippen molar-refractivity contribution in [1.29, 1.82) is 0 Å². The number of nitrogens with one attached hydrogen (secondary N) is 1. The van der Waals surface area contributed by atoms with Gasteiger partial charge in [-0.1, -0.05) is 11.6 Å². The highest BCUT2D eigenvalue weighted by Gasteiger charge is 2.12. The molecule has 0 aliphatic carbocycles. The van der Waals surface area contributed by atoms with Gasteiger partial charge in [0, 0.05) is 17.1 Å². The van der Waals surface area contributed by atoms with E-state index in [0.717, 1.165) is 0 Å². The van der Waals surface area contributed by atoms with Crippen molar-refractivity contribution < 1.29 is 9.84 Å². The molecular formula is C13H20ClNO2. The van der Waals surface area contributed by atoms with Crippen molar-refractivity contribution in [3.05, 3.63) is 29.3 Å². The highest BCUT2D eigenvalue weighted by Crippen LogP contribution is 2.15. The van der Waals surface area contributed by atoms with Crippen LogP contribution in [0.15, 0.2) is 24.3 Å². The van der Waals surface area contributed by atoms with E-state index in [1.807, 2.05) is 0 Å². The SMILES string of the molecule is CC(C)(C)NC[C@@H](O)COc1ccc(Cl)cc1. The van der Waals surface area contributed by atoms with Gasteiger partial charge in [-0.15, -0.1) is 0 Å². The summed E-state index contributed by atoms with van der Waals surface area (Å²) in [4.78, 5) is 0. The average Bonchev–Trinajstić information content (AvgIpc) is 2.25. The normalized spacial score (nSPS) is 13.5. The van der Waals surface area contributed by atoms with Gasteiger partial charge in [0.05, 0.1) is 0 Å². The van der Waals surface area contributed by atoms with Gasteiger partial charge in [-0.2, -0.15) is 0 Å². The van der Waals surface area contributed by atoms with E-state index in [0.29, 0.717) is 17.3 Å². The van der Waals surface area contributed by atoms with Crippen LogP contribution in [0.3, 0.4) is 0 Å². The van der Waals surface area contributed by atoms with Crippen molar-refractivity contribution in [1.82, 2.24) is 5.32 Å². The van der Waals surface area contributed by atoms with Gasteiger partial charge in [-0.25, -0.2) is 0 Å². The van der Waals surface area contributed by atoms with Crippen LogP contribution in [0.4, 0.5) is 0 Å². The predicted molar refractivity (Wildman–Crippen MR) is 70.7 cm³/mol. The van der Waals surface area contributed by atoms with E-state index in [1.54, 1.807) is 24.3 Å². The molecule has 0 radical (unpaired) electrons. The zero-order valence-corrected chi connectivity index (χ0v) is 11.3. The number of benzene rings is 1. The van der Waals surface area contributed by atoms with Crippen molar-refractivity contribution in [2.24, 2.45) is 0 Å². The second kappa shape index (κ2) is 6.24. The molecule has 1 rings (SSSR count). The largest absolute Gasteiger partial charge is 0.491 e. The quantitative estimate of drug-likeness (QED) is 0.852. The molecule has 4 heteroatoms. The van der Waals surface area contributed by atoms with Gasteiger partial charge >= 0.3 is 0 Å². The van der Waals surface area contributed by atoms with Crippen molar-refractivity contribution in [2.75, 3.05) is 13.2 Å². The van der Waals surface area contributed by atoms with E-state index in [4.69, 9.17) is 16.3 Å². The van der Waals surface area contributed by atoms with Crippen LogP contribution in [0, 0.1) is 0 Å². The molecule has 0 spiro atoms. The number of rotatable bonds is 5. The third-order valence-electron chi connectivity index (χ3n) is 2.12. The second-order valence-electron chi connectivity index (χ2n) is 5.05. The fourth-order valence-electron chi connectivity index (χ4n) is 1.21. The van der Waals surface area contributed by atoms with Gasteiger partial charge in [0.15, 0.2) is 0 Å². The lowest BCUT2D eigenvalue weighted by atomic mass is 10.1. The number of β-amino-alcohol motifs (C(OH)–C–C–N with tert-alkyl or cyclic N) is 1. The summed E-state index contributed by atoms with van der Waals surface area (Å²) < 4.78 is 5.44. The number of halogens is 1. The zero-order chi connectivity index (χ0) is 12.9. The number of hydrogen-bond donors (Lipinski definition) is 2. The van der Waals surface area contributed by atoms with Crippen LogP contribution in [-0.2, 0) is 0 Å². The van der Waals surface area contributed by atoms with Crippen LogP contribution in [0.1, 0.15) is 20.8 Å². The minimum absolute atomic E-state index is 0.00124. The molecule has 0 aliphatic rings. The Bertz CT molecular complexity index is 332. The molecule has 2 N–H and O–H groups in total. The molecule has 1 aromatic carbocycles. The van der Waals surface area contributed by atoms with Crippen LogP contribution >= 0.6 is 11.6 Å².